The molecule has 0 saturated heterocycles. The lowest BCUT2D eigenvalue weighted by atomic mass is 10.2. The average molecular weight is 404 g/mol. The van der Waals surface area contributed by atoms with Gasteiger partial charge in [0.1, 0.15) is 17.4 Å². The Hall–Kier alpha value is -3.13. The zero-order chi connectivity index (χ0) is 20.3. The second-order valence-electron chi connectivity index (χ2n) is 6.07. The van der Waals surface area contributed by atoms with Gasteiger partial charge in [0.2, 0.25) is 0 Å². The molecule has 0 aliphatic rings. The number of nitrogens with one attached hydrogen (secondary N) is 1. The van der Waals surface area contributed by atoms with E-state index >= 15 is 0 Å². The fourth-order valence-corrected chi connectivity index (χ4v) is 2.72. The molecule has 146 valence electrons. The molecule has 28 heavy (non-hydrogen) atoms. The Morgan fingerprint density at radius 3 is 2.54 bits per heavy atom. The third kappa shape index (κ3) is 4.23. The quantitative estimate of drug-likeness (QED) is 0.694. The highest BCUT2D eigenvalue weighted by Crippen LogP contribution is 2.24. The molecule has 7 nitrogen and oxygen atoms in total. The first kappa shape index (κ1) is 19.6. The standard InChI is InChI=1S/C19H19ClFN5O2/c1-12-23-24-18(25(12)2)11-26(14-5-7-15(28-3)8-6-14)19(27)22-13-4-9-17(21)16(20)10-13/h4-10H,11H2,1-3H3,(H,22,27). The molecule has 0 saturated carbocycles. The molecule has 2 aromatic carbocycles. The van der Waals surface area contributed by atoms with Crippen LogP contribution in [0.1, 0.15) is 11.6 Å². The van der Waals surface area contributed by atoms with Gasteiger partial charge in [0.25, 0.3) is 0 Å². The van der Waals surface area contributed by atoms with E-state index in [1.165, 1.54) is 23.1 Å². The molecule has 0 spiro atoms. The summed E-state index contributed by atoms with van der Waals surface area (Å²) in [5.74, 6) is 1.46. The van der Waals surface area contributed by atoms with E-state index in [9.17, 15) is 9.18 Å². The Bertz CT molecular complexity index is 990. The van der Waals surface area contributed by atoms with Crippen molar-refractivity contribution in [3.8, 4) is 5.75 Å². The number of hydrogen-bond acceptors (Lipinski definition) is 4. The van der Waals surface area contributed by atoms with E-state index in [1.807, 2.05) is 14.0 Å². The fourth-order valence-electron chi connectivity index (χ4n) is 2.54. The second-order valence-corrected chi connectivity index (χ2v) is 6.47. The summed E-state index contributed by atoms with van der Waals surface area (Å²) >= 11 is 5.81. The van der Waals surface area contributed by atoms with E-state index in [0.717, 1.165) is 5.82 Å². The van der Waals surface area contributed by atoms with Gasteiger partial charge >= 0.3 is 6.03 Å². The predicted octanol–water partition coefficient (Wildman–Crippen LogP) is 4.16. The summed E-state index contributed by atoms with van der Waals surface area (Å²) < 4.78 is 20.4. The van der Waals surface area contributed by atoms with Gasteiger partial charge in [0.15, 0.2) is 5.82 Å². The summed E-state index contributed by atoms with van der Waals surface area (Å²) in [6.07, 6.45) is 0. The van der Waals surface area contributed by atoms with Crippen LogP contribution in [0.2, 0.25) is 5.02 Å². The molecule has 0 atom stereocenters. The topological polar surface area (TPSA) is 72.3 Å². The number of ether oxygens (including phenoxy) is 1. The Balaban J connectivity index is 1.90. The van der Waals surface area contributed by atoms with E-state index in [-0.39, 0.29) is 11.6 Å². The average Bonchev–Trinajstić information content (AvgIpc) is 3.01. The Kier molecular flexibility index (Phi) is 5.79. The van der Waals surface area contributed by atoms with Crippen LogP contribution < -0.4 is 15.0 Å². The largest absolute Gasteiger partial charge is 0.497 e. The van der Waals surface area contributed by atoms with E-state index < -0.39 is 11.8 Å². The first-order chi connectivity index (χ1) is 13.4. The molecule has 0 radical (unpaired) electrons. The second kappa shape index (κ2) is 8.26. The first-order valence-corrected chi connectivity index (χ1v) is 8.79. The van der Waals surface area contributed by atoms with Crippen LogP contribution in [0.4, 0.5) is 20.6 Å². The van der Waals surface area contributed by atoms with E-state index in [2.05, 4.69) is 15.5 Å². The third-order valence-electron chi connectivity index (χ3n) is 4.28. The molecule has 2 amide bonds. The summed E-state index contributed by atoms with van der Waals surface area (Å²) in [6, 6.07) is 10.6. The van der Waals surface area contributed by atoms with Gasteiger partial charge in [0.05, 0.1) is 18.7 Å². The number of nitrogens with zero attached hydrogens (tertiary/aromatic N) is 4. The molecule has 1 N–H and O–H groups in total. The number of aryl methyl sites for hydroxylation is 1. The molecular weight excluding hydrogens is 385 g/mol. The maximum Gasteiger partial charge on any atom is 0.326 e. The molecule has 1 aromatic heterocycles. The van der Waals surface area contributed by atoms with E-state index in [1.54, 1.807) is 35.9 Å². The smallest absolute Gasteiger partial charge is 0.326 e. The number of benzene rings is 2. The van der Waals surface area contributed by atoms with Crippen LogP contribution in [0.15, 0.2) is 42.5 Å². The van der Waals surface area contributed by atoms with Crippen LogP contribution in [-0.4, -0.2) is 27.9 Å². The Morgan fingerprint density at radius 2 is 1.96 bits per heavy atom. The number of hydrogen-bond donors (Lipinski definition) is 1. The van der Waals surface area contributed by atoms with E-state index in [4.69, 9.17) is 16.3 Å². The van der Waals surface area contributed by atoms with Crippen molar-refractivity contribution in [2.24, 2.45) is 7.05 Å². The van der Waals surface area contributed by atoms with Crippen molar-refractivity contribution in [3.63, 3.8) is 0 Å². The lowest BCUT2D eigenvalue weighted by Gasteiger charge is -2.23. The number of methoxy groups -OCH3 is 1. The van der Waals surface area contributed by atoms with Crippen molar-refractivity contribution in [1.29, 1.82) is 0 Å². The molecule has 0 unspecified atom stereocenters. The maximum atomic E-state index is 13.4. The number of amides is 2. The van der Waals surface area contributed by atoms with Crippen LogP contribution in [0.5, 0.6) is 5.75 Å². The van der Waals surface area contributed by atoms with Crippen molar-refractivity contribution in [2.75, 3.05) is 17.3 Å². The Labute approximate surface area is 166 Å². The molecule has 0 fully saturated rings. The normalized spacial score (nSPS) is 10.6. The lowest BCUT2D eigenvalue weighted by molar-refractivity contribution is 0.256. The van der Waals surface area contributed by atoms with Gasteiger partial charge in [-0.25, -0.2) is 9.18 Å². The minimum absolute atomic E-state index is 0.0716. The minimum Gasteiger partial charge on any atom is -0.497 e. The first-order valence-electron chi connectivity index (χ1n) is 8.41. The zero-order valence-corrected chi connectivity index (χ0v) is 16.4. The number of aromatic nitrogens is 3. The summed E-state index contributed by atoms with van der Waals surface area (Å²) in [5, 5.41) is 10.8. The van der Waals surface area contributed by atoms with Gasteiger partial charge in [-0.2, -0.15) is 0 Å². The third-order valence-corrected chi connectivity index (χ3v) is 4.57. The summed E-state index contributed by atoms with van der Waals surface area (Å²) in [5.41, 5.74) is 1.01. The molecule has 3 aromatic rings. The van der Waals surface area contributed by atoms with Crippen LogP contribution in [-0.2, 0) is 13.6 Å². The number of rotatable bonds is 5. The minimum atomic E-state index is -0.554. The van der Waals surface area contributed by atoms with Gasteiger partial charge < -0.3 is 14.6 Å². The van der Waals surface area contributed by atoms with Gasteiger partial charge in [-0.05, 0) is 49.4 Å². The van der Waals surface area contributed by atoms with Gasteiger partial charge in [0, 0.05) is 18.4 Å². The predicted molar refractivity (Wildman–Crippen MR) is 105 cm³/mol. The van der Waals surface area contributed by atoms with Crippen LogP contribution in [0.3, 0.4) is 0 Å². The summed E-state index contributed by atoms with van der Waals surface area (Å²) in [4.78, 5) is 14.5. The molecule has 3 rings (SSSR count). The van der Waals surface area contributed by atoms with Crippen LogP contribution in [0, 0.1) is 12.7 Å². The number of urea groups is 1. The summed E-state index contributed by atoms with van der Waals surface area (Å²) in [6.45, 7) is 2.01. The van der Waals surface area contributed by atoms with Gasteiger partial charge in [-0.1, -0.05) is 11.6 Å². The van der Waals surface area contributed by atoms with Crippen LogP contribution >= 0.6 is 11.6 Å². The van der Waals surface area contributed by atoms with Gasteiger partial charge in [-0.15, -0.1) is 10.2 Å². The van der Waals surface area contributed by atoms with Crippen molar-refractivity contribution in [2.45, 2.75) is 13.5 Å². The van der Waals surface area contributed by atoms with Crippen molar-refractivity contribution < 1.29 is 13.9 Å². The van der Waals surface area contributed by atoms with Crippen LogP contribution in [0.25, 0.3) is 0 Å². The highest BCUT2D eigenvalue weighted by atomic mass is 35.5. The number of halogens is 2. The molecule has 9 heteroatoms. The lowest BCUT2D eigenvalue weighted by Crippen LogP contribution is -2.35. The van der Waals surface area contributed by atoms with E-state index in [0.29, 0.717) is 22.9 Å². The van der Waals surface area contributed by atoms with Crippen molar-refractivity contribution in [1.82, 2.24) is 14.8 Å². The zero-order valence-electron chi connectivity index (χ0n) is 15.6. The molecule has 1 heterocycles. The fraction of sp³-hybridized carbons (Fsp3) is 0.211. The van der Waals surface area contributed by atoms with Gasteiger partial charge in [-0.3, -0.25) is 4.90 Å². The molecule has 0 aliphatic carbocycles. The summed E-state index contributed by atoms with van der Waals surface area (Å²) in [7, 11) is 3.40. The molecule has 0 aliphatic heterocycles. The Morgan fingerprint density at radius 1 is 1.25 bits per heavy atom. The van der Waals surface area contributed by atoms with Crippen molar-refractivity contribution >= 4 is 29.0 Å². The SMILES string of the molecule is COc1ccc(N(Cc2nnc(C)n2C)C(=O)Nc2ccc(F)c(Cl)c2)cc1. The molecule has 0 bridgehead atoms. The highest BCUT2D eigenvalue weighted by molar-refractivity contribution is 6.31. The number of anilines is 2. The maximum absolute atomic E-state index is 13.4. The molecular formula is C19H19ClFN5O2. The van der Waals surface area contributed by atoms with Crippen molar-refractivity contribution in [3.05, 3.63) is 65.0 Å². The number of carbonyl (C=O) groups excluding carboxylic acids is 1. The monoisotopic (exact) mass is 403 g/mol. The number of carbonyl (C=O) groups is 1. The highest BCUT2D eigenvalue weighted by Gasteiger charge is 2.20.